The topological polar surface area (TPSA) is 67.7 Å². The number of guanidine groups is 1. The summed E-state index contributed by atoms with van der Waals surface area (Å²) in [4.78, 5) is 16.1. The lowest BCUT2D eigenvalue weighted by Crippen LogP contribution is -2.42. The number of halogens is 1. The molecule has 1 aliphatic rings. The van der Waals surface area contributed by atoms with Crippen LogP contribution in [0, 0.1) is 6.92 Å². The van der Waals surface area contributed by atoms with Crippen molar-refractivity contribution in [2.24, 2.45) is 4.99 Å². The monoisotopic (exact) mass is 496 g/mol. The van der Waals surface area contributed by atoms with Gasteiger partial charge in [-0.15, -0.1) is 24.0 Å². The van der Waals surface area contributed by atoms with Crippen molar-refractivity contribution >= 4 is 29.9 Å². The van der Waals surface area contributed by atoms with Gasteiger partial charge in [0.1, 0.15) is 11.9 Å². The number of benzene rings is 1. The maximum absolute atomic E-state index is 11.9. The SMILES string of the molecule is CN=C(NCCCCn1c(C)cccc1=O)NCC1Cc2ccccc2O1.I. The predicted octanol–water partition coefficient (Wildman–Crippen LogP) is 2.72. The van der Waals surface area contributed by atoms with Crippen molar-refractivity contribution in [3.8, 4) is 5.75 Å². The zero-order valence-corrected chi connectivity index (χ0v) is 18.8. The molecule has 6 nitrogen and oxygen atoms in total. The Labute approximate surface area is 183 Å². The summed E-state index contributed by atoms with van der Waals surface area (Å²) in [6.45, 7) is 4.24. The van der Waals surface area contributed by atoms with Crippen molar-refractivity contribution in [3.05, 3.63) is 64.1 Å². The van der Waals surface area contributed by atoms with E-state index in [4.69, 9.17) is 4.74 Å². The first-order valence-electron chi connectivity index (χ1n) is 9.53. The van der Waals surface area contributed by atoms with Crippen LogP contribution in [0.25, 0.3) is 0 Å². The third-order valence-electron chi connectivity index (χ3n) is 4.80. The number of aryl methyl sites for hydroxylation is 1. The van der Waals surface area contributed by atoms with Crippen molar-refractivity contribution in [2.75, 3.05) is 20.1 Å². The fourth-order valence-electron chi connectivity index (χ4n) is 3.31. The fourth-order valence-corrected chi connectivity index (χ4v) is 3.31. The second-order valence-corrected chi connectivity index (χ2v) is 6.80. The molecule has 0 bridgehead atoms. The number of nitrogens with one attached hydrogen (secondary N) is 2. The molecule has 1 unspecified atom stereocenters. The minimum absolute atomic E-state index is 0. The Bertz CT molecular complexity index is 825. The first kappa shape index (κ1) is 22.3. The Morgan fingerprint density at radius 3 is 2.75 bits per heavy atom. The molecule has 0 saturated heterocycles. The highest BCUT2D eigenvalue weighted by atomic mass is 127. The molecule has 7 heteroatoms. The van der Waals surface area contributed by atoms with Crippen LogP contribution in [0.5, 0.6) is 5.75 Å². The van der Waals surface area contributed by atoms with Crippen LogP contribution in [-0.4, -0.2) is 36.8 Å². The lowest BCUT2D eigenvalue weighted by atomic mass is 10.1. The van der Waals surface area contributed by atoms with Crippen molar-refractivity contribution in [2.45, 2.75) is 38.8 Å². The van der Waals surface area contributed by atoms with Gasteiger partial charge in [-0.25, -0.2) is 0 Å². The summed E-state index contributed by atoms with van der Waals surface area (Å²) in [6, 6.07) is 13.6. The van der Waals surface area contributed by atoms with E-state index in [1.54, 1.807) is 19.2 Å². The van der Waals surface area contributed by atoms with Crippen LogP contribution in [0.4, 0.5) is 0 Å². The fraction of sp³-hybridized carbons (Fsp3) is 0.429. The van der Waals surface area contributed by atoms with E-state index in [0.29, 0.717) is 6.54 Å². The van der Waals surface area contributed by atoms with Gasteiger partial charge in [0.05, 0.1) is 6.54 Å². The molecule has 28 heavy (non-hydrogen) atoms. The van der Waals surface area contributed by atoms with Gasteiger partial charge in [0.25, 0.3) is 5.56 Å². The number of aromatic nitrogens is 1. The molecular weight excluding hydrogens is 467 g/mol. The van der Waals surface area contributed by atoms with Crippen LogP contribution in [0.3, 0.4) is 0 Å². The third kappa shape index (κ3) is 5.98. The normalized spacial score (nSPS) is 15.4. The summed E-state index contributed by atoms with van der Waals surface area (Å²) in [5.74, 6) is 1.77. The Morgan fingerprint density at radius 1 is 1.18 bits per heavy atom. The summed E-state index contributed by atoms with van der Waals surface area (Å²) in [5.41, 5.74) is 2.34. The van der Waals surface area contributed by atoms with E-state index in [1.165, 1.54) is 5.56 Å². The quantitative estimate of drug-likeness (QED) is 0.268. The smallest absolute Gasteiger partial charge is 0.250 e. The van der Waals surface area contributed by atoms with Crippen LogP contribution in [0.2, 0.25) is 0 Å². The Kier molecular flexibility index (Phi) is 8.82. The molecule has 2 N–H and O–H groups in total. The molecule has 0 aliphatic carbocycles. The molecule has 3 rings (SSSR count). The first-order chi connectivity index (χ1) is 13.2. The van der Waals surface area contributed by atoms with Gasteiger partial charge in [0, 0.05) is 38.3 Å². The number of hydrogen-bond donors (Lipinski definition) is 2. The summed E-state index contributed by atoms with van der Waals surface area (Å²) in [5, 5.41) is 6.66. The van der Waals surface area contributed by atoms with Crippen molar-refractivity contribution < 1.29 is 4.74 Å². The molecule has 0 radical (unpaired) electrons. The maximum atomic E-state index is 11.9. The first-order valence-corrected chi connectivity index (χ1v) is 9.53. The number of pyridine rings is 1. The molecule has 1 atom stereocenters. The highest BCUT2D eigenvalue weighted by Crippen LogP contribution is 2.27. The molecule has 1 aliphatic heterocycles. The molecule has 2 heterocycles. The van der Waals surface area contributed by atoms with Gasteiger partial charge in [-0.3, -0.25) is 9.79 Å². The van der Waals surface area contributed by atoms with Gasteiger partial charge >= 0.3 is 0 Å². The van der Waals surface area contributed by atoms with E-state index in [0.717, 1.165) is 49.8 Å². The second kappa shape index (κ2) is 11.1. The minimum atomic E-state index is 0. The van der Waals surface area contributed by atoms with Gasteiger partial charge in [-0.1, -0.05) is 24.3 Å². The van der Waals surface area contributed by atoms with E-state index in [9.17, 15) is 4.79 Å². The van der Waals surface area contributed by atoms with Crippen LogP contribution >= 0.6 is 24.0 Å². The van der Waals surface area contributed by atoms with Gasteiger partial charge in [-0.2, -0.15) is 0 Å². The molecule has 152 valence electrons. The minimum Gasteiger partial charge on any atom is -0.488 e. The predicted molar refractivity (Wildman–Crippen MR) is 124 cm³/mol. The zero-order chi connectivity index (χ0) is 19.1. The molecule has 0 amide bonds. The van der Waals surface area contributed by atoms with Gasteiger partial charge in [0.2, 0.25) is 0 Å². The van der Waals surface area contributed by atoms with Gasteiger partial charge in [0.15, 0.2) is 5.96 Å². The standard InChI is InChI=1S/C21H28N4O2.HI/c1-16-8-7-11-20(26)25(16)13-6-5-12-23-21(22-2)24-15-18-14-17-9-3-4-10-19(17)27-18;/h3-4,7-11,18H,5-6,12-15H2,1-2H3,(H2,22,23,24);1H. The van der Waals surface area contributed by atoms with Crippen molar-refractivity contribution in [1.29, 1.82) is 0 Å². The Morgan fingerprint density at radius 2 is 2.00 bits per heavy atom. The number of fused-ring (bicyclic) bond motifs is 1. The molecule has 1 aromatic heterocycles. The summed E-state index contributed by atoms with van der Waals surface area (Å²) in [7, 11) is 1.77. The number of para-hydroxylation sites is 1. The Balaban J connectivity index is 0.00000280. The molecule has 0 spiro atoms. The average molecular weight is 496 g/mol. The molecular formula is C21H29IN4O2. The summed E-state index contributed by atoms with van der Waals surface area (Å²) in [6.07, 6.45) is 2.96. The summed E-state index contributed by atoms with van der Waals surface area (Å²) < 4.78 is 7.76. The second-order valence-electron chi connectivity index (χ2n) is 6.80. The van der Waals surface area contributed by atoms with E-state index in [-0.39, 0.29) is 35.6 Å². The number of rotatable bonds is 7. The van der Waals surface area contributed by atoms with Crippen molar-refractivity contribution in [1.82, 2.24) is 15.2 Å². The number of aliphatic imine (C=N–C) groups is 1. The van der Waals surface area contributed by atoms with Gasteiger partial charge in [-0.05, 0) is 37.5 Å². The highest BCUT2D eigenvalue weighted by molar-refractivity contribution is 14.0. The number of ether oxygens (including phenoxy) is 1. The molecule has 2 aromatic rings. The summed E-state index contributed by atoms with van der Waals surface area (Å²) >= 11 is 0. The average Bonchev–Trinajstić information content (AvgIpc) is 3.09. The van der Waals surface area contributed by atoms with E-state index < -0.39 is 0 Å². The molecule has 1 aromatic carbocycles. The van der Waals surface area contributed by atoms with Crippen LogP contribution in [0.15, 0.2) is 52.3 Å². The lowest BCUT2D eigenvalue weighted by Gasteiger charge is -2.16. The van der Waals surface area contributed by atoms with E-state index in [1.807, 2.05) is 35.8 Å². The van der Waals surface area contributed by atoms with Crippen LogP contribution < -0.4 is 20.9 Å². The number of nitrogens with zero attached hydrogens (tertiary/aromatic N) is 2. The molecule has 0 saturated carbocycles. The van der Waals surface area contributed by atoms with E-state index >= 15 is 0 Å². The largest absolute Gasteiger partial charge is 0.488 e. The maximum Gasteiger partial charge on any atom is 0.250 e. The third-order valence-corrected chi connectivity index (χ3v) is 4.80. The lowest BCUT2D eigenvalue weighted by molar-refractivity contribution is 0.235. The van der Waals surface area contributed by atoms with Crippen LogP contribution in [0.1, 0.15) is 24.1 Å². The van der Waals surface area contributed by atoms with Crippen molar-refractivity contribution in [3.63, 3.8) is 0 Å². The van der Waals surface area contributed by atoms with E-state index in [2.05, 4.69) is 21.7 Å². The Hall–Kier alpha value is -2.03. The number of unbranched alkanes of at least 4 members (excludes halogenated alkanes) is 1. The number of hydrogen-bond acceptors (Lipinski definition) is 3. The highest BCUT2D eigenvalue weighted by Gasteiger charge is 2.22. The molecule has 0 fully saturated rings. The van der Waals surface area contributed by atoms with Crippen LogP contribution in [-0.2, 0) is 13.0 Å². The van der Waals surface area contributed by atoms with Gasteiger partial charge < -0.3 is 19.9 Å². The zero-order valence-electron chi connectivity index (χ0n) is 16.5.